The number of benzene rings is 1. The van der Waals surface area contributed by atoms with Gasteiger partial charge in [-0.05, 0) is 26.0 Å². The lowest BCUT2D eigenvalue weighted by Gasteiger charge is -2.33. The van der Waals surface area contributed by atoms with E-state index in [9.17, 15) is 9.59 Å². The summed E-state index contributed by atoms with van der Waals surface area (Å²) in [6.45, 7) is 7.86. The van der Waals surface area contributed by atoms with Crippen LogP contribution in [0.15, 0.2) is 29.6 Å². The first-order valence-electron chi connectivity index (χ1n) is 9.47. The largest absolute Gasteiger partial charge is 0.450 e. The van der Waals surface area contributed by atoms with Crippen molar-refractivity contribution in [3.63, 3.8) is 0 Å². The average molecular weight is 403 g/mol. The highest BCUT2D eigenvalue weighted by atomic mass is 32.1. The van der Waals surface area contributed by atoms with E-state index in [-0.39, 0.29) is 18.4 Å². The number of carbonyl (C=O) groups excluding carboxylic acids is 2. The molecule has 28 heavy (non-hydrogen) atoms. The summed E-state index contributed by atoms with van der Waals surface area (Å²) in [7, 11) is 0. The lowest BCUT2D eigenvalue weighted by molar-refractivity contribution is -0.115. The van der Waals surface area contributed by atoms with Gasteiger partial charge in [-0.2, -0.15) is 0 Å². The van der Waals surface area contributed by atoms with Crippen molar-refractivity contribution in [3.8, 4) is 0 Å². The minimum atomic E-state index is -0.238. The molecule has 1 saturated heterocycles. The number of amides is 2. The molecule has 0 bridgehead atoms. The van der Waals surface area contributed by atoms with E-state index in [0.717, 1.165) is 41.6 Å². The van der Waals surface area contributed by atoms with Crippen LogP contribution in [0.25, 0.3) is 0 Å². The average Bonchev–Trinajstić information content (AvgIpc) is 3.11. The number of aromatic nitrogens is 1. The molecule has 3 rings (SSSR count). The van der Waals surface area contributed by atoms with Crippen LogP contribution in [0, 0.1) is 6.92 Å². The fraction of sp³-hybridized carbons (Fsp3) is 0.450. The summed E-state index contributed by atoms with van der Waals surface area (Å²) in [6, 6.07) is 7.74. The standard InChI is InChI=1S/C20H26N4O3S/c1-3-27-20(26)24-10-8-23(9-11-24)13-17-14-28-19(22-17)12-18(25)21-16-6-4-15(2)5-7-16/h4-7,14H,3,8-13H2,1-2H3,(H,21,25). The van der Waals surface area contributed by atoms with Crippen LogP contribution in [0.5, 0.6) is 0 Å². The van der Waals surface area contributed by atoms with Gasteiger partial charge in [-0.3, -0.25) is 9.69 Å². The molecule has 7 nitrogen and oxygen atoms in total. The Morgan fingerprint density at radius 1 is 1.18 bits per heavy atom. The number of aryl methyl sites for hydroxylation is 1. The predicted molar refractivity (Wildman–Crippen MR) is 109 cm³/mol. The minimum Gasteiger partial charge on any atom is -0.450 e. The van der Waals surface area contributed by atoms with Gasteiger partial charge < -0.3 is 15.0 Å². The van der Waals surface area contributed by atoms with E-state index in [4.69, 9.17) is 4.74 Å². The summed E-state index contributed by atoms with van der Waals surface area (Å²) in [6.07, 6.45) is 0.0347. The summed E-state index contributed by atoms with van der Waals surface area (Å²) in [5.74, 6) is -0.0622. The first kappa shape index (κ1) is 20.3. The van der Waals surface area contributed by atoms with Crippen molar-refractivity contribution >= 4 is 29.0 Å². The van der Waals surface area contributed by atoms with E-state index in [1.54, 1.807) is 4.90 Å². The van der Waals surface area contributed by atoms with Crippen LogP contribution in [0.3, 0.4) is 0 Å². The third-order valence-corrected chi connectivity index (χ3v) is 5.43. The molecule has 2 heterocycles. The number of rotatable bonds is 6. The monoisotopic (exact) mass is 402 g/mol. The molecule has 0 spiro atoms. The molecule has 1 fully saturated rings. The van der Waals surface area contributed by atoms with Crippen LogP contribution in [0.4, 0.5) is 10.5 Å². The van der Waals surface area contributed by atoms with Crippen molar-refractivity contribution in [1.82, 2.24) is 14.8 Å². The molecule has 1 aromatic carbocycles. The fourth-order valence-corrected chi connectivity index (χ4v) is 3.80. The van der Waals surface area contributed by atoms with Crippen molar-refractivity contribution in [1.29, 1.82) is 0 Å². The molecule has 1 aliphatic heterocycles. The van der Waals surface area contributed by atoms with Crippen molar-refractivity contribution in [3.05, 3.63) is 45.9 Å². The second-order valence-corrected chi connectivity index (χ2v) is 7.73. The maximum absolute atomic E-state index is 12.2. The van der Waals surface area contributed by atoms with E-state index < -0.39 is 0 Å². The number of thiazole rings is 1. The Labute approximate surface area is 169 Å². The van der Waals surface area contributed by atoms with Gasteiger partial charge in [0, 0.05) is 43.8 Å². The van der Waals surface area contributed by atoms with E-state index in [0.29, 0.717) is 19.7 Å². The summed E-state index contributed by atoms with van der Waals surface area (Å²) in [4.78, 5) is 32.6. The third-order valence-electron chi connectivity index (χ3n) is 4.53. The van der Waals surface area contributed by atoms with Gasteiger partial charge in [-0.15, -0.1) is 11.3 Å². The predicted octanol–water partition coefficient (Wildman–Crippen LogP) is 2.91. The first-order chi connectivity index (χ1) is 13.5. The van der Waals surface area contributed by atoms with Gasteiger partial charge in [-0.25, -0.2) is 9.78 Å². The molecule has 2 amide bonds. The molecule has 0 aliphatic carbocycles. The molecule has 0 saturated carbocycles. The Balaban J connectivity index is 1.45. The first-order valence-corrected chi connectivity index (χ1v) is 10.4. The number of nitrogens with one attached hydrogen (secondary N) is 1. The van der Waals surface area contributed by atoms with Crippen LogP contribution in [0.1, 0.15) is 23.2 Å². The van der Waals surface area contributed by atoms with Gasteiger partial charge in [0.2, 0.25) is 5.91 Å². The topological polar surface area (TPSA) is 74.8 Å². The zero-order valence-corrected chi connectivity index (χ0v) is 17.1. The molecule has 2 aromatic rings. The molecule has 0 unspecified atom stereocenters. The lowest BCUT2D eigenvalue weighted by atomic mass is 10.2. The van der Waals surface area contributed by atoms with Gasteiger partial charge in [0.15, 0.2) is 0 Å². The Hall–Kier alpha value is -2.45. The maximum Gasteiger partial charge on any atom is 0.409 e. The summed E-state index contributed by atoms with van der Waals surface area (Å²) in [5.41, 5.74) is 2.92. The molecule has 1 N–H and O–H groups in total. The van der Waals surface area contributed by atoms with E-state index >= 15 is 0 Å². The van der Waals surface area contributed by atoms with Crippen LogP contribution in [-0.2, 0) is 22.5 Å². The highest BCUT2D eigenvalue weighted by molar-refractivity contribution is 7.09. The van der Waals surface area contributed by atoms with Crippen LogP contribution in [0.2, 0.25) is 0 Å². The third kappa shape index (κ3) is 5.77. The molecular weight excluding hydrogens is 376 g/mol. The number of ether oxygens (including phenoxy) is 1. The molecular formula is C20H26N4O3S. The maximum atomic E-state index is 12.2. The van der Waals surface area contributed by atoms with Gasteiger partial charge in [0.25, 0.3) is 0 Å². The van der Waals surface area contributed by atoms with Crippen LogP contribution >= 0.6 is 11.3 Å². The summed E-state index contributed by atoms with van der Waals surface area (Å²) < 4.78 is 5.04. The van der Waals surface area contributed by atoms with E-state index in [1.165, 1.54) is 11.3 Å². The van der Waals surface area contributed by atoms with Gasteiger partial charge >= 0.3 is 6.09 Å². The Morgan fingerprint density at radius 2 is 1.89 bits per heavy atom. The van der Waals surface area contributed by atoms with Crippen LogP contribution < -0.4 is 5.32 Å². The molecule has 0 radical (unpaired) electrons. The van der Waals surface area contributed by atoms with Crippen molar-refractivity contribution in [2.45, 2.75) is 26.8 Å². The zero-order chi connectivity index (χ0) is 19.9. The second kappa shape index (κ2) is 9.66. The van der Waals surface area contributed by atoms with Gasteiger partial charge in [0.1, 0.15) is 5.01 Å². The number of hydrogen-bond donors (Lipinski definition) is 1. The highest BCUT2D eigenvalue weighted by Gasteiger charge is 2.22. The van der Waals surface area contributed by atoms with Crippen molar-refractivity contribution in [2.24, 2.45) is 0 Å². The number of carbonyl (C=O) groups is 2. The number of piperazine rings is 1. The number of nitrogens with zero attached hydrogens (tertiary/aromatic N) is 3. The smallest absolute Gasteiger partial charge is 0.409 e. The molecule has 150 valence electrons. The van der Waals surface area contributed by atoms with Gasteiger partial charge in [-0.1, -0.05) is 17.7 Å². The lowest BCUT2D eigenvalue weighted by Crippen LogP contribution is -2.48. The quantitative estimate of drug-likeness (QED) is 0.804. The highest BCUT2D eigenvalue weighted by Crippen LogP contribution is 2.15. The van der Waals surface area contributed by atoms with E-state index in [1.807, 2.05) is 43.5 Å². The van der Waals surface area contributed by atoms with Crippen LogP contribution in [-0.4, -0.2) is 59.6 Å². The second-order valence-electron chi connectivity index (χ2n) is 6.79. The Kier molecular flexibility index (Phi) is 7.00. The molecule has 0 atom stereocenters. The molecule has 1 aliphatic rings. The van der Waals surface area contributed by atoms with E-state index in [2.05, 4.69) is 15.2 Å². The van der Waals surface area contributed by atoms with Gasteiger partial charge in [0.05, 0.1) is 18.7 Å². The summed E-state index contributed by atoms with van der Waals surface area (Å²) in [5, 5.41) is 5.72. The normalized spacial score (nSPS) is 14.7. The Morgan fingerprint density at radius 3 is 2.57 bits per heavy atom. The SMILES string of the molecule is CCOC(=O)N1CCN(Cc2csc(CC(=O)Nc3ccc(C)cc3)n2)CC1. The fourth-order valence-electron chi connectivity index (χ4n) is 3.01. The number of anilines is 1. The molecule has 1 aromatic heterocycles. The zero-order valence-electron chi connectivity index (χ0n) is 16.3. The number of hydrogen-bond acceptors (Lipinski definition) is 6. The minimum absolute atomic E-state index is 0.0622. The van der Waals surface area contributed by atoms with Crippen molar-refractivity contribution < 1.29 is 14.3 Å². The molecule has 8 heteroatoms. The van der Waals surface area contributed by atoms with Crippen molar-refractivity contribution in [2.75, 3.05) is 38.1 Å². The Bertz CT molecular complexity index is 798. The summed E-state index contributed by atoms with van der Waals surface area (Å²) >= 11 is 1.51.